The molecule has 0 bridgehead atoms. The number of carbonyl (C=O) groups is 2. The van der Waals surface area contributed by atoms with Gasteiger partial charge in [0.25, 0.3) is 0 Å². The Bertz CT molecular complexity index is 598. The van der Waals surface area contributed by atoms with Crippen molar-refractivity contribution in [1.82, 2.24) is 0 Å². The van der Waals surface area contributed by atoms with E-state index in [-0.39, 0.29) is 12.6 Å². The maximum atomic E-state index is 11.5. The highest BCUT2D eigenvalue weighted by molar-refractivity contribution is 5.89. The first kappa shape index (κ1) is 18.4. The normalized spacial score (nSPS) is 11.2. The zero-order valence-corrected chi connectivity index (χ0v) is 13.5. The number of nitriles is 1. The maximum Gasteiger partial charge on any atom is 0.337 e. The standard InChI is InChI=1S/C18H21NO4/c1-4-23-18(21)16(12-19)7-5-6-13(2)14-8-10-15(11-9-14)17(20)22-3/h8-11,16H,2,4-7H2,1,3H3. The Balaban J connectivity index is 2.52. The van der Waals surface area contributed by atoms with Gasteiger partial charge in [0, 0.05) is 0 Å². The summed E-state index contributed by atoms with van der Waals surface area (Å²) in [6.07, 6.45) is 1.76. The van der Waals surface area contributed by atoms with Gasteiger partial charge in [-0.15, -0.1) is 0 Å². The van der Waals surface area contributed by atoms with E-state index in [1.54, 1.807) is 19.1 Å². The molecule has 0 aromatic heterocycles. The van der Waals surface area contributed by atoms with Crippen LogP contribution in [-0.4, -0.2) is 25.7 Å². The maximum absolute atomic E-state index is 11.5. The second kappa shape index (κ2) is 9.42. The lowest BCUT2D eigenvalue weighted by molar-refractivity contribution is -0.146. The van der Waals surface area contributed by atoms with Gasteiger partial charge in [-0.1, -0.05) is 18.7 Å². The van der Waals surface area contributed by atoms with Gasteiger partial charge in [0.2, 0.25) is 0 Å². The second-order valence-electron chi connectivity index (χ2n) is 5.00. The SMILES string of the molecule is C=C(CCCC(C#N)C(=O)OCC)c1ccc(C(=O)OC)cc1. The fraction of sp³-hybridized carbons (Fsp3) is 0.389. The average Bonchev–Trinajstić information content (AvgIpc) is 2.58. The molecule has 0 aliphatic carbocycles. The smallest absolute Gasteiger partial charge is 0.337 e. The molecule has 1 unspecified atom stereocenters. The number of benzene rings is 1. The van der Waals surface area contributed by atoms with Crippen LogP contribution in [0.3, 0.4) is 0 Å². The molecule has 0 spiro atoms. The van der Waals surface area contributed by atoms with Gasteiger partial charge in [0.05, 0.1) is 25.3 Å². The molecular weight excluding hydrogens is 294 g/mol. The highest BCUT2D eigenvalue weighted by atomic mass is 16.5. The summed E-state index contributed by atoms with van der Waals surface area (Å²) in [6.45, 7) is 6.00. The van der Waals surface area contributed by atoms with Crippen LogP contribution in [0.1, 0.15) is 42.1 Å². The molecular formula is C18H21NO4. The summed E-state index contributed by atoms with van der Waals surface area (Å²) in [5.41, 5.74) is 2.29. The van der Waals surface area contributed by atoms with E-state index >= 15 is 0 Å². The lowest BCUT2D eigenvalue weighted by Gasteiger charge is -2.10. The molecule has 122 valence electrons. The fourth-order valence-corrected chi connectivity index (χ4v) is 2.10. The molecule has 0 aliphatic heterocycles. The number of allylic oxidation sites excluding steroid dienone is 1. The first-order valence-corrected chi connectivity index (χ1v) is 7.46. The molecule has 1 aromatic carbocycles. The Hall–Kier alpha value is -2.61. The largest absolute Gasteiger partial charge is 0.465 e. The summed E-state index contributed by atoms with van der Waals surface area (Å²) in [4.78, 5) is 22.9. The number of carbonyl (C=O) groups excluding carboxylic acids is 2. The van der Waals surface area contributed by atoms with Crippen molar-refractivity contribution in [2.24, 2.45) is 5.92 Å². The Morgan fingerprint density at radius 1 is 1.26 bits per heavy atom. The van der Waals surface area contributed by atoms with Gasteiger partial charge < -0.3 is 9.47 Å². The molecule has 23 heavy (non-hydrogen) atoms. The third-order valence-corrected chi connectivity index (χ3v) is 3.41. The Morgan fingerprint density at radius 3 is 2.39 bits per heavy atom. The van der Waals surface area contributed by atoms with Crippen molar-refractivity contribution >= 4 is 17.5 Å². The van der Waals surface area contributed by atoms with E-state index in [9.17, 15) is 9.59 Å². The molecule has 1 atom stereocenters. The van der Waals surface area contributed by atoms with E-state index in [1.807, 2.05) is 18.2 Å². The Morgan fingerprint density at radius 2 is 1.87 bits per heavy atom. The van der Waals surface area contributed by atoms with Crippen molar-refractivity contribution in [3.63, 3.8) is 0 Å². The third kappa shape index (κ3) is 5.59. The molecule has 0 saturated heterocycles. The molecule has 0 amide bonds. The van der Waals surface area contributed by atoms with E-state index in [0.717, 1.165) is 11.1 Å². The molecule has 0 saturated carbocycles. The Labute approximate surface area is 136 Å². The summed E-state index contributed by atoms with van der Waals surface area (Å²) >= 11 is 0. The van der Waals surface area contributed by atoms with Gasteiger partial charge in [0.15, 0.2) is 0 Å². The van der Waals surface area contributed by atoms with E-state index in [1.165, 1.54) is 7.11 Å². The molecule has 0 N–H and O–H groups in total. The highest BCUT2D eigenvalue weighted by Gasteiger charge is 2.18. The van der Waals surface area contributed by atoms with Gasteiger partial charge >= 0.3 is 11.9 Å². The summed E-state index contributed by atoms with van der Waals surface area (Å²) in [6, 6.07) is 8.95. The lowest BCUT2D eigenvalue weighted by Crippen LogP contribution is -2.16. The zero-order valence-electron chi connectivity index (χ0n) is 13.5. The molecule has 0 aliphatic rings. The van der Waals surface area contributed by atoms with Crippen LogP contribution >= 0.6 is 0 Å². The molecule has 0 radical (unpaired) electrons. The number of esters is 2. The number of nitrogens with zero attached hydrogens (tertiary/aromatic N) is 1. The van der Waals surface area contributed by atoms with Crippen molar-refractivity contribution in [2.75, 3.05) is 13.7 Å². The number of methoxy groups -OCH3 is 1. The topological polar surface area (TPSA) is 76.4 Å². The van der Waals surface area contributed by atoms with Crippen molar-refractivity contribution in [3.8, 4) is 6.07 Å². The van der Waals surface area contributed by atoms with Crippen LogP contribution in [0.2, 0.25) is 0 Å². The Kier molecular flexibility index (Phi) is 7.55. The van der Waals surface area contributed by atoms with E-state index in [2.05, 4.69) is 11.3 Å². The predicted molar refractivity (Wildman–Crippen MR) is 86.4 cm³/mol. The second-order valence-corrected chi connectivity index (χ2v) is 5.00. The van der Waals surface area contributed by atoms with Crippen molar-refractivity contribution in [2.45, 2.75) is 26.2 Å². The van der Waals surface area contributed by atoms with Crippen molar-refractivity contribution < 1.29 is 19.1 Å². The molecule has 1 aromatic rings. The van der Waals surface area contributed by atoms with Gasteiger partial charge in [-0.3, -0.25) is 4.79 Å². The van der Waals surface area contributed by atoms with Crippen LogP contribution in [0.5, 0.6) is 0 Å². The lowest BCUT2D eigenvalue weighted by atomic mass is 9.97. The van der Waals surface area contributed by atoms with E-state index in [0.29, 0.717) is 24.8 Å². The average molecular weight is 315 g/mol. The first-order valence-electron chi connectivity index (χ1n) is 7.46. The van der Waals surface area contributed by atoms with Crippen LogP contribution in [0, 0.1) is 17.2 Å². The minimum Gasteiger partial charge on any atom is -0.465 e. The molecule has 1 rings (SSSR count). The van der Waals surface area contributed by atoms with Crippen molar-refractivity contribution in [3.05, 3.63) is 42.0 Å². The number of hydrogen-bond donors (Lipinski definition) is 0. The predicted octanol–water partition coefficient (Wildman–Crippen LogP) is 3.36. The number of hydrogen-bond acceptors (Lipinski definition) is 5. The summed E-state index contributed by atoms with van der Waals surface area (Å²) < 4.78 is 9.50. The van der Waals surface area contributed by atoms with Crippen LogP contribution in [0.4, 0.5) is 0 Å². The third-order valence-electron chi connectivity index (χ3n) is 3.41. The van der Waals surface area contributed by atoms with Crippen LogP contribution in [0.15, 0.2) is 30.8 Å². The first-order chi connectivity index (χ1) is 11.0. The van der Waals surface area contributed by atoms with Gasteiger partial charge in [0.1, 0.15) is 5.92 Å². The minimum absolute atomic E-state index is 0.274. The summed E-state index contributed by atoms with van der Waals surface area (Å²) in [7, 11) is 1.34. The van der Waals surface area contributed by atoms with Gasteiger partial charge in [-0.25, -0.2) is 4.79 Å². The van der Waals surface area contributed by atoms with Crippen LogP contribution < -0.4 is 0 Å². The van der Waals surface area contributed by atoms with Gasteiger partial charge in [-0.2, -0.15) is 5.26 Å². The van der Waals surface area contributed by atoms with Crippen molar-refractivity contribution in [1.29, 1.82) is 5.26 Å². The monoisotopic (exact) mass is 315 g/mol. The van der Waals surface area contributed by atoms with E-state index in [4.69, 9.17) is 10.00 Å². The fourth-order valence-electron chi connectivity index (χ4n) is 2.10. The molecule has 0 heterocycles. The summed E-state index contributed by atoms with van der Waals surface area (Å²) in [5.74, 6) is -1.58. The van der Waals surface area contributed by atoms with Gasteiger partial charge in [-0.05, 0) is 49.5 Å². The number of rotatable bonds is 8. The minimum atomic E-state index is -0.732. The zero-order chi connectivity index (χ0) is 17.2. The summed E-state index contributed by atoms with van der Waals surface area (Å²) in [5, 5.41) is 8.99. The molecule has 5 nitrogen and oxygen atoms in total. The number of ether oxygens (including phenoxy) is 2. The van der Waals surface area contributed by atoms with E-state index < -0.39 is 11.9 Å². The van der Waals surface area contributed by atoms with Crippen LogP contribution in [0.25, 0.3) is 5.57 Å². The van der Waals surface area contributed by atoms with Crippen LogP contribution in [-0.2, 0) is 14.3 Å². The highest BCUT2D eigenvalue weighted by Crippen LogP contribution is 2.21. The quantitative estimate of drug-likeness (QED) is 0.687. The molecule has 0 fully saturated rings. The molecule has 5 heteroatoms.